The Morgan fingerprint density at radius 2 is 2.06 bits per heavy atom. The number of aromatic nitrogens is 2. The fourth-order valence-corrected chi connectivity index (χ4v) is 1.51. The summed E-state index contributed by atoms with van der Waals surface area (Å²) in [5, 5.41) is 4.18. The molecule has 0 atom stereocenters. The maximum Gasteiger partial charge on any atom is 0.252 e. The SMILES string of the molecule is C/C(=N\Nc1nc(C)cc(=O)[nH]1)c1ccccc1. The van der Waals surface area contributed by atoms with Crippen LogP contribution in [0.5, 0.6) is 0 Å². The van der Waals surface area contributed by atoms with Gasteiger partial charge in [0.1, 0.15) is 0 Å². The van der Waals surface area contributed by atoms with Crippen LogP contribution in [0.3, 0.4) is 0 Å². The Balaban J connectivity index is 2.18. The Labute approximate surface area is 105 Å². The lowest BCUT2D eigenvalue weighted by Gasteiger charge is -2.03. The fourth-order valence-electron chi connectivity index (χ4n) is 1.51. The molecule has 0 aliphatic rings. The number of hydrazone groups is 1. The third-order valence-electron chi connectivity index (χ3n) is 2.39. The topological polar surface area (TPSA) is 70.1 Å². The van der Waals surface area contributed by atoms with Crippen molar-refractivity contribution in [2.45, 2.75) is 13.8 Å². The van der Waals surface area contributed by atoms with Crippen molar-refractivity contribution >= 4 is 11.7 Å². The van der Waals surface area contributed by atoms with Crippen LogP contribution in [-0.2, 0) is 0 Å². The van der Waals surface area contributed by atoms with Crippen LogP contribution < -0.4 is 11.0 Å². The van der Waals surface area contributed by atoms with E-state index in [1.807, 2.05) is 37.3 Å². The third kappa shape index (κ3) is 3.04. The van der Waals surface area contributed by atoms with Crippen LogP contribution >= 0.6 is 0 Å². The summed E-state index contributed by atoms with van der Waals surface area (Å²) in [5.74, 6) is 0.343. The van der Waals surface area contributed by atoms with Crippen molar-refractivity contribution in [1.29, 1.82) is 0 Å². The summed E-state index contributed by atoms with van der Waals surface area (Å²) < 4.78 is 0. The van der Waals surface area contributed by atoms with E-state index in [-0.39, 0.29) is 5.56 Å². The number of aromatic amines is 1. The smallest absolute Gasteiger partial charge is 0.252 e. The molecule has 0 spiro atoms. The Morgan fingerprint density at radius 1 is 1.33 bits per heavy atom. The van der Waals surface area contributed by atoms with Crippen molar-refractivity contribution < 1.29 is 0 Å². The van der Waals surface area contributed by atoms with Gasteiger partial charge in [-0.05, 0) is 19.4 Å². The van der Waals surface area contributed by atoms with Gasteiger partial charge in [0.25, 0.3) is 5.56 Å². The van der Waals surface area contributed by atoms with Crippen LogP contribution in [0.2, 0.25) is 0 Å². The molecule has 1 aromatic heterocycles. The lowest BCUT2D eigenvalue weighted by Crippen LogP contribution is -2.11. The van der Waals surface area contributed by atoms with Crippen molar-refractivity contribution in [1.82, 2.24) is 9.97 Å². The number of nitrogens with zero attached hydrogens (tertiary/aromatic N) is 2. The molecule has 2 rings (SSSR count). The van der Waals surface area contributed by atoms with Crippen LogP contribution in [0.15, 0.2) is 46.3 Å². The highest BCUT2D eigenvalue weighted by Gasteiger charge is 1.98. The highest BCUT2D eigenvalue weighted by Crippen LogP contribution is 2.02. The predicted molar refractivity (Wildman–Crippen MR) is 71.9 cm³/mol. The normalized spacial score (nSPS) is 11.3. The maximum atomic E-state index is 11.2. The molecule has 1 aromatic carbocycles. The molecule has 92 valence electrons. The molecule has 2 N–H and O–H groups in total. The zero-order valence-corrected chi connectivity index (χ0v) is 10.3. The molecule has 0 unspecified atom stereocenters. The van der Waals surface area contributed by atoms with Crippen LogP contribution in [-0.4, -0.2) is 15.7 Å². The molecule has 18 heavy (non-hydrogen) atoms. The maximum absolute atomic E-state index is 11.2. The summed E-state index contributed by atoms with van der Waals surface area (Å²) in [4.78, 5) is 17.9. The van der Waals surface area contributed by atoms with Gasteiger partial charge in [0, 0.05) is 11.8 Å². The fraction of sp³-hybridized carbons (Fsp3) is 0.154. The van der Waals surface area contributed by atoms with E-state index in [2.05, 4.69) is 20.5 Å². The minimum Gasteiger partial charge on any atom is -0.291 e. The van der Waals surface area contributed by atoms with Crippen LogP contribution in [0.25, 0.3) is 0 Å². The number of hydrogen-bond donors (Lipinski definition) is 2. The Morgan fingerprint density at radius 3 is 2.72 bits per heavy atom. The molecular formula is C13H14N4O. The highest BCUT2D eigenvalue weighted by atomic mass is 16.1. The highest BCUT2D eigenvalue weighted by molar-refractivity contribution is 5.98. The second kappa shape index (κ2) is 5.27. The van der Waals surface area contributed by atoms with E-state index < -0.39 is 0 Å². The molecule has 0 radical (unpaired) electrons. The zero-order valence-electron chi connectivity index (χ0n) is 10.3. The van der Waals surface area contributed by atoms with Gasteiger partial charge in [0.2, 0.25) is 5.95 Å². The van der Waals surface area contributed by atoms with Gasteiger partial charge >= 0.3 is 0 Å². The standard InChI is InChI=1S/C13H14N4O/c1-9-8-12(18)15-13(14-9)17-16-10(2)11-6-4-3-5-7-11/h3-8H,1-2H3,(H2,14,15,17,18)/b16-10+. The van der Waals surface area contributed by atoms with Crippen molar-refractivity contribution in [3.8, 4) is 0 Å². The van der Waals surface area contributed by atoms with Gasteiger partial charge in [0.15, 0.2) is 0 Å². The number of anilines is 1. The molecule has 0 saturated heterocycles. The van der Waals surface area contributed by atoms with Crippen molar-refractivity contribution in [2.24, 2.45) is 5.10 Å². The molecule has 0 fully saturated rings. The molecule has 0 saturated carbocycles. The monoisotopic (exact) mass is 242 g/mol. The number of nitrogens with one attached hydrogen (secondary N) is 2. The molecule has 5 heteroatoms. The summed E-state index contributed by atoms with van der Waals surface area (Å²) in [6.45, 7) is 3.64. The largest absolute Gasteiger partial charge is 0.291 e. The summed E-state index contributed by atoms with van der Waals surface area (Å²) in [7, 11) is 0. The van der Waals surface area contributed by atoms with Crippen LogP contribution in [0, 0.1) is 6.92 Å². The number of H-pyrrole nitrogens is 1. The van der Waals surface area contributed by atoms with Gasteiger partial charge in [-0.25, -0.2) is 10.4 Å². The summed E-state index contributed by atoms with van der Waals surface area (Å²) >= 11 is 0. The van der Waals surface area contributed by atoms with E-state index >= 15 is 0 Å². The van der Waals surface area contributed by atoms with E-state index in [9.17, 15) is 4.79 Å². The molecule has 1 heterocycles. The molecule has 5 nitrogen and oxygen atoms in total. The lowest BCUT2D eigenvalue weighted by atomic mass is 10.1. The van der Waals surface area contributed by atoms with Crippen LogP contribution in [0.1, 0.15) is 18.2 Å². The molecule has 0 aliphatic heterocycles. The molecule has 2 aromatic rings. The Bertz CT molecular complexity index is 616. The summed E-state index contributed by atoms with van der Waals surface area (Å²) in [5.41, 5.74) is 5.03. The first-order chi connectivity index (χ1) is 8.65. The first-order valence-electron chi connectivity index (χ1n) is 5.59. The second-order valence-corrected chi connectivity index (χ2v) is 3.91. The van der Waals surface area contributed by atoms with Crippen molar-refractivity contribution in [3.05, 3.63) is 58.0 Å². The first kappa shape index (κ1) is 12.0. The van der Waals surface area contributed by atoms with Gasteiger partial charge in [0.05, 0.1) is 5.71 Å². The average molecular weight is 242 g/mol. The first-order valence-corrected chi connectivity index (χ1v) is 5.59. The van der Waals surface area contributed by atoms with E-state index in [0.717, 1.165) is 11.3 Å². The number of benzene rings is 1. The number of hydrogen-bond acceptors (Lipinski definition) is 4. The quantitative estimate of drug-likeness (QED) is 0.638. The van der Waals surface area contributed by atoms with Gasteiger partial charge in [-0.2, -0.15) is 5.10 Å². The molecule has 0 aliphatic carbocycles. The number of rotatable bonds is 3. The molecule has 0 amide bonds. The van der Waals surface area contributed by atoms with Crippen LogP contribution in [0.4, 0.5) is 5.95 Å². The summed E-state index contributed by atoms with van der Waals surface area (Å²) in [6.07, 6.45) is 0. The minimum atomic E-state index is -0.197. The summed E-state index contributed by atoms with van der Waals surface area (Å²) in [6, 6.07) is 11.2. The lowest BCUT2D eigenvalue weighted by molar-refractivity contribution is 1.04. The molecular weight excluding hydrogens is 228 g/mol. The molecule has 0 bridgehead atoms. The average Bonchev–Trinajstić information content (AvgIpc) is 2.36. The van der Waals surface area contributed by atoms with Crippen molar-refractivity contribution in [3.63, 3.8) is 0 Å². The van der Waals surface area contributed by atoms with E-state index in [0.29, 0.717) is 11.6 Å². The van der Waals surface area contributed by atoms with E-state index in [1.165, 1.54) is 6.07 Å². The zero-order chi connectivity index (χ0) is 13.0. The van der Waals surface area contributed by atoms with Gasteiger partial charge in [-0.3, -0.25) is 9.78 Å². The van der Waals surface area contributed by atoms with E-state index in [1.54, 1.807) is 6.92 Å². The van der Waals surface area contributed by atoms with E-state index in [4.69, 9.17) is 0 Å². The second-order valence-electron chi connectivity index (χ2n) is 3.91. The van der Waals surface area contributed by atoms with Gasteiger partial charge < -0.3 is 0 Å². The predicted octanol–water partition coefficient (Wildman–Crippen LogP) is 1.91. The minimum absolute atomic E-state index is 0.197. The van der Waals surface area contributed by atoms with Crippen molar-refractivity contribution in [2.75, 3.05) is 5.43 Å². The Hall–Kier alpha value is -2.43. The third-order valence-corrected chi connectivity index (χ3v) is 2.39. The van der Waals surface area contributed by atoms with Gasteiger partial charge in [-0.1, -0.05) is 30.3 Å². The Kier molecular flexibility index (Phi) is 3.52. The van der Waals surface area contributed by atoms with Gasteiger partial charge in [-0.15, -0.1) is 0 Å². The number of aryl methyl sites for hydroxylation is 1.